The summed E-state index contributed by atoms with van der Waals surface area (Å²) < 4.78 is 10.9. The molecule has 1 saturated heterocycles. The number of aryl methyl sites for hydroxylation is 1. The molecule has 1 aliphatic rings. The van der Waals surface area contributed by atoms with Crippen LogP contribution in [-0.2, 0) is 6.54 Å². The van der Waals surface area contributed by atoms with Gasteiger partial charge in [0.15, 0.2) is 5.82 Å². The predicted molar refractivity (Wildman–Crippen MR) is 84.0 cm³/mol. The quantitative estimate of drug-likeness (QED) is 0.845. The van der Waals surface area contributed by atoms with Crippen LogP contribution in [0.3, 0.4) is 0 Å². The second-order valence-corrected chi connectivity index (χ2v) is 6.12. The minimum atomic E-state index is 0.498. The van der Waals surface area contributed by atoms with Crippen LogP contribution in [0, 0.1) is 12.8 Å². The van der Waals surface area contributed by atoms with E-state index in [-0.39, 0.29) is 0 Å². The van der Waals surface area contributed by atoms with Gasteiger partial charge in [-0.3, -0.25) is 4.90 Å². The van der Waals surface area contributed by atoms with Crippen LogP contribution in [0.5, 0.6) is 5.75 Å². The van der Waals surface area contributed by atoms with Gasteiger partial charge in [-0.1, -0.05) is 28.9 Å². The SMILES string of the molecule is Cc1nc(CN2CCCC(COc3ccccc3Cl)C2)no1. The van der Waals surface area contributed by atoms with Crippen LogP contribution in [0.2, 0.25) is 5.02 Å². The first-order valence-corrected chi connectivity index (χ1v) is 7.97. The van der Waals surface area contributed by atoms with E-state index in [1.807, 2.05) is 31.2 Å². The molecule has 0 saturated carbocycles. The van der Waals surface area contributed by atoms with E-state index >= 15 is 0 Å². The van der Waals surface area contributed by atoms with Gasteiger partial charge in [-0.2, -0.15) is 4.98 Å². The molecule has 0 spiro atoms. The highest BCUT2D eigenvalue weighted by Gasteiger charge is 2.22. The van der Waals surface area contributed by atoms with Gasteiger partial charge in [0.1, 0.15) is 5.75 Å². The van der Waals surface area contributed by atoms with Crippen molar-refractivity contribution in [2.24, 2.45) is 5.92 Å². The summed E-state index contributed by atoms with van der Waals surface area (Å²) in [7, 11) is 0. The zero-order valence-corrected chi connectivity index (χ0v) is 13.4. The summed E-state index contributed by atoms with van der Waals surface area (Å²) in [5.74, 6) is 2.63. The lowest BCUT2D eigenvalue weighted by Gasteiger charge is -2.31. The maximum atomic E-state index is 6.12. The zero-order chi connectivity index (χ0) is 15.4. The van der Waals surface area contributed by atoms with Crippen LogP contribution in [0.1, 0.15) is 24.6 Å². The fourth-order valence-corrected chi connectivity index (χ4v) is 3.00. The molecule has 6 heteroatoms. The number of rotatable bonds is 5. The number of para-hydroxylation sites is 1. The molecular formula is C16H20ClN3O2. The third-order valence-corrected chi connectivity index (χ3v) is 4.16. The van der Waals surface area contributed by atoms with E-state index in [9.17, 15) is 0 Å². The van der Waals surface area contributed by atoms with Gasteiger partial charge in [-0.05, 0) is 31.5 Å². The molecule has 0 aliphatic carbocycles. The van der Waals surface area contributed by atoms with Crippen molar-refractivity contribution in [3.8, 4) is 5.75 Å². The Morgan fingerprint density at radius 1 is 1.41 bits per heavy atom. The van der Waals surface area contributed by atoms with Crippen LogP contribution in [0.25, 0.3) is 0 Å². The Balaban J connectivity index is 1.51. The fourth-order valence-electron chi connectivity index (χ4n) is 2.81. The molecule has 3 rings (SSSR count). The number of benzene rings is 1. The Morgan fingerprint density at radius 3 is 3.05 bits per heavy atom. The molecule has 1 aliphatic heterocycles. The lowest BCUT2D eigenvalue weighted by Crippen LogP contribution is -2.37. The monoisotopic (exact) mass is 321 g/mol. The van der Waals surface area contributed by atoms with Crippen LogP contribution in [-0.4, -0.2) is 34.7 Å². The number of ether oxygens (including phenoxy) is 1. The van der Waals surface area contributed by atoms with E-state index in [4.69, 9.17) is 20.9 Å². The maximum Gasteiger partial charge on any atom is 0.223 e. The van der Waals surface area contributed by atoms with E-state index in [1.165, 1.54) is 6.42 Å². The molecule has 5 nitrogen and oxygen atoms in total. The highest BCUT2D eigenvalue weighted by molar-refractivity contribution is 6.32. The summed E-state index contributed by atoms with van der Waals surface area (Å²) in [5, 5.41) is 4.63. The zero-order valence-electron chi connectivity index (χ0n) is 12.7. The number of halogens is 1. The predicted octanol–water partition coefficient (Wildman–Crippen LogP) is 3.32. The van der Waals surface area contributed by atoms with Crippen molar-refractivity contribution < 1.29 is 9.26 Å². The number of hydrogen-bond donors (Lipinski definition) is 0. The van der Waals surface area contributed by atoms with Crippen LogP contribution in [0.4, 0.5) is 0 Å². The Kier molecular flexibility index (Phi) is 4.95. The maximum absolute atomic E-state index is 6.12. The number of likely N-dealkylation sites (tertiary alicyclic amines) is 1. The third-order valence-electron chi connectivity index (χ3n) is 3.85. The number of aromatic nitrogens is 2. The van der Waals surface area contributed by atoms with Gasteiger partial charge in [-0.25, -0.2) is 0 Å². The second kappa shape index (κ2) is 7.11. The van der Waals surface area contributed by atoms with Crippen molar-refractivity contribution in [3.05, 3.63) is 41.0 Å². The largest absolute Gasteiger partial charge is 0.492 e. The summed E-state index contributed by atoms with van der Waals surface area (Å²) in [4.78, 5) is 6.62. The highest BCUT2D eigenvalue weighted by atomic mass is 35.5. The first kappa shape index (κ1) is 15.3. The molecule has 2 aromatic rings. The molecule has 1 fully saturated rings. The summed E-state index contributed by atoms with van der Waals surface area (Å²) >= 11 is 6.12. The van der Waals surface area contributed by atoms with Crippen molar-refractivity contribution >= 4 is 11.6 Å². The van der Waals surface area contributed by atoms with Gasteiger partial charge in [0, 0.05) is 19.4 Å². The molecule has 1 aromatic heterocycles. The molecule has 1 aromatic carbocycles. The fraction of sp³-hybridized carbons (Fsp3) is 0.500. The third kappa shape index (κ3) is 3.99. The summed E-state index contributed by atoms with van der Waals surface area (Å²) in [6.07, 6.45) is 2.33. The van der Waals surface area contributed by atoms with E-state index in [0.717, 1.165) is 37.6 Å². The van der Waals surface area contributed by atoms with E-state index in [0.29, 0.717) is 23.4 Å². The second-order valence-electron chi connectivity index (χ2n) is 5.71. The van der Waals surface area contributed by atoms with Crippen molar-refractivity contribution in [2.45, 2.75) is 26.3 Å². The van der Waals surface area contributed by atoms with Crippen molar-refractivity contribution in [2.75, 3.05) is 19.7 Å². The average molecular weight is 322 g/mol. The molecular weight excluding hydrogens is 302 g/mol. The molecule has 0 radical (unpaired) electrons. The first-order valence-electron chi connectivity index (χ1n) is 7.59. The van der Waals surface area contributed by atoms with Crippen molar-refractivity contribution in [1.29, 1.82) is 0 Å². The van der Waals surface area contributed by atoms with Crippen LogP contribution in [0.15, 0.2) is 28.8 Å². The molecule has 118 valence electrons. The topological polar surface area (TPSA) is 51.4 Å². The van der Waals surface area contributed by atoms with Crippen LogP contribution >= 0.6 is 11.6 Å². The lowest BCUT2D eigenvalue weighted by molar-refractivity contribution is 0.122. The minimum Gasteiger partial charge on any atom is -0.492 e. The van der Waals surface area contributed by atoms with Gasteiger partial charge < -0.3 is 9.26 Å². The van der Waals surface area contributed by atoms with Crippen molar-refractivity contribution in [1.82, 2.24) is 15.0 Å². The standard InChI is InChI=1S/C16H20ClN3O2/c1-12-18-16(19-22-12)10-20-8-4-5-13(9-20)11-21-15-7-3-2-6-14(15)17/h2-3,6-7,13H,4-5,8-11H2,1H3. The molecule has 0 N–H and O–H groups in total. The van der Waals surface area contributed by atoms with Gasteiger partial charge in [-0.15, -0.1) is 0 Å². The molecule has 1 atom stereocenters. The van der Waals surface area contributed by atoms with Gasteiger partial charge >= 0.3 is 0 Å². The smallest absolute Gasteiger partial charge is 0.223 e. The molecule has 0 amide bonds. The van der Waals surface area contributed by atoms with Gasteiger partial charge in [0.05, 0.1) is 18.2 Å². The minimum absolute atomic E-state index is 0.498. The Morgan fingerprint density at radius 2 is 2.27 bits per heavy atom. The van der Waals surface area contributed by atoms with E-state index < -0.39 is 0 Å². The van der Waals surface area contributed by atoms with E-state index in [1.54, 1.807) is 0 Å². The molecule has 2 heterocycles. The molecule has 0 bridgehead atoms. The Hall–Kier alpha value is -1.59. The van der Waals surface area contributed by atoms with Gasteiger partial charge in [0.25, 0.3) is 0 Å². The Labute approximate surface area is 135 Å². The van der Waals surface area contributed by atoms with Gasteiger partial charge in [0.2, 0.25) is 5.89 Å². The first-order chi connectivity index (χ1) is 10.7. The molecule has 22 heavy (non-hydrogen) atoms. The summed E-state index contributed by atoms with van der Waals surface area (Å²) in [6, 6.07) is 7.60. The average Bonchev–Trinajstić information content (AvgIpc) is 2.92. The van der Waals surface area contributed by atoms with Crippen LogP contribution < -0.4 is 4.74 Å². The summed E-state index contributed by atoms with van der Waals surface area (Å²) in [5.41, 5.74) is 0. The highest BCUT2D eigenvalue weighted by Crippen LogP contribution is 2.25. The van der Waals surface area contributed by atoms with E-state index in [2.05, 4.69) is 15.0 Å². The number of piperidine rings is 1. The molecule has 1 unspecified atom stereocenters. The number of nitrogens with zero attached hydrogens (tertiary/aromatic N) is 3. The summed E-state index contributed by atoms with van der Waals surface area (Å²) in [6.45, 7) is 5.28. The lowest BCUT2D eigenvalue weighted by atomic mass is 9.99. The Bertz CT molecular complexity index is 617. The number of hydrogen-bond acceptors (Lipinski definition) is 5. The van der Waals surface area contributed by atoms with Crippen molar-refractivity contribution in [3.63, 3.8) is 0 Å². The normalized spacial score (nSPS) is 19.3.